The molecule has 0 fully saturated rings. The van der Waals surface area contributed by atoms with E-state index in [4.69, 9.17) is 9.84 Å². The summed E-state index contributed by atoms with van der Waals surface area (Å²) in [5.74, 6) is -1.16. The summed E-state index contributed by atoms with van der Waals surface area (Å²) in [6.45, 7) is 4.42. The molecule has 0 aromatic carbocycles. The molecule has 0 bridgehead atoms. The SMILES string of the molecule is CCCCC/C=C\C/C=C\C/C=C\CCCCC(=O)OC(CCCCCCCC)CC(=O)O. The largest absolute Gasteiger partial charge is 0.481 e. The molecule has 0 saturated carbocycles. The third-order valence-electron chi connectivity index (χ3n) is 5.60. The summed E-state index contributed by atoms with van der Waals surface area (Å²) in [4.78, 5) is 23.2. The van der Waals surface area contributed by atoms with Crippen molar-refractivity contribution < 1.29 is 19.4 Å². The number of hydrogen-bond donors (Lipinski definition) is 1. The van der Waals surface area contributed by atoms with Crippen molar-refractivity contribution in [1.29, 1.82) is 0 Å². The molecule has 0 heterocycles. The van der Waals surface area contributed by atoms with Gasteiger partial charge >= 0.3 is 11.9 Å². The highest BCUT2D eigenvalue weighted by atomic mass is 16.5. The molecule has 0 aliphatic heterocycles. The number of carboxylic acid groups (broad SMARTS) is 1. The normalized spacial score (nSPS) is 12.8. The first-order valence-electron chi connectivity index (χ1n) is 13.5. The molecule has 33 heavy (non-hydrogen) atoms. The van der Waals surface area contributed by atoms with E-state index in [2.05, 4.69) is 50.3 Å². The number of carbonyl (C=O) groups is 2. The summed E-state index contributed by atoms with van der Waals surface area (Å²) < 4.78 is 5.46. The van der Waals surface area contributed by atoms with Crippen LogP contribution in [0.15, 0.2) is 36.5 Å². The van der Waals surface area contributed by atoms with Crippen LogP contribution >= 0.6 is 0 Å². The molecule has 0 spiro atoms. The Morgan fingerprint density at radius 3 is 1.82 bits per heavy atom. The van der Waals surface area contributed by atoms with E-state index in [-0.39, 0.29) is 12.4 Å². The van der Waals surface area contributed by atoms with Crippen LogP contribution in [0.2, 0.25) is 0 Å². The molecule has 0 aliphatic rings. The highest BCUT2D eigenvalue weighted by Crippen LogP contribution is 2.14. The Morgan fingerprint density at radius 1 is 0.697 bits per heavy atom. The molecule has 4 nitrogen and oxygen atoms in total. The van der Waals surface area contributed by atoms with Crippen LogP contribution in [0, 0.1) is 0 Å². The van der Waals surface area contributed by atoms with Crippen molar-refractivity contribution >= 4 is 11.9 Å². The van der Waals surface area contributed by atoms with Gasteiger partial charge in [-0.1, -0.05) is 95.2 Å². The van der Waals surface area contributed by atoms with Crippen LogP contribution in [0.3, 0.4) is 0 Å². The van der Waals surface area contributed by atoms with Gasteiger partial charge in [0.2, 0.25) is 0 Å². The van der Waals surface area contributed by atoms with Crippen LogP contribution in [-0.2, 0) is 14.3 Å². The van der Waals surface area contributed by atoms with Crippen molar-refractivity contribution in [3.63, 3.8) is 0 Å². The van der Waals surface area contributed by atoms with Gasteiger partial charge in [0.1, 0.15) is 6.10 Å². The van der Waals surface area contributed by atoms with Crippen molar-refractivity contribution in [2.45, 2.75) is 136 Å². The lowest BCUT2D eigenvalue weighted by Crippen LogP contribution is -2.21. The van der Waals surface area contributed by atoms with E-state index in [1.807, 2.05) is 0 Å². The fraction of sp³-hybridized carbons (Fsp3) is 0.724. The highest BCUT2D eigenvalue weighted by molar-refractivity contribution is 5.71. The zero-order valence-electron chi connectivity index (χ0n) is 21.4. The molecule has 0 aliphatic carbocycles. The Kier molecular flexibility index (Phi) is 23.4. The number of esters is 1. The quantitative estimate of drug-likeness (QED) is 0.0936. The molecule has 1 unspecified atom stereocenters. The lowest BCUT2D eigenvalue weighted by atomic mass is 10.1. The zero-order chi connectivity index (χ0) is 24.4. The first-order chi connectivity index (χ1) is 16.1. The highest BCUT2D eigenvalue weighted by Gasteiger charge is 2.17. The van der Waals surface area contributed by atoms with Crippen LogP contribution in [0.1, 0.15) is 129 Å². The third-order valence-corrected chi connectivity index (χ3v) is 5.60. The minimum absolute atomic E-state index is 0.0917. The molecule has 0 radical (unpaired) electrons. The molecular formula is C29H50O4. The first kappa shape index (κ1) is 31.2. The Bertz CT molecular complexity index is 548. The third kappa shape index (κ3) is 24.6. The maximum atomic E-state index is 12.1. The number of ether oxygens (including phenoxy) is 1. The van der Waals surface area contributed by atoms with Gasteiger partial charge in [-0.05, 0) is 57.8 Å². The Labute approximate surface area is 203 Å². The van der Waals surface area contributed by atoms with Gasteiger partial charge in [0.05, 0.1) is 6.42 Å². The number of unbranched alkanes of at least 4 members (excludes halogenated alkanes) is 10. The van der Waals surface area contributed by atoms with Gasteiger partial charge in [-0.3, -0.25) is 9.59 Å². The van der Waals surface area contributed by atoms with Crippen molar-refractivity contribution in [2.24, 2.45) is 0 Å². The fourth-order valence-corrected chi connectivity index (χ4v) is 3.62. The predicted molar refractivity (Wildman–Crippen MR) is 139 cm³/mol. The van der Waals surface area contributed by atoms with Crippen LogP contribution in [-0.4, -0.2) is 23.1 Å². The standard InChI is InChI=1S/C29H50O4/c1-3-5-7-9-11-12-13-14-15-16-17-18-19-21-23-25-29(32)33-27(26-28(30)31)24-22-20-10-8-6-4-2/h11-12,14-15,17-18,27H,3-10,13,16,19-26H2,1-2H3,(H,30,31)/b12-11-,15-14-,18-17-. The van der Waals surface area contributed by atoms with Gasteiger partial charge < -0.3 is 9.84 Å². The topological polar surface area (TPSA) is 63.6 Å². The molecule has 0 aromatic rings. The molecule has 1 N–H and O–H groups in total. The molecule has 0 rings (SSSR count). The molecule has 0 amide bonds. The van der Waals surface area contributed by atoms with Gasteiger partial charge in [-0.25, -0.2) is 0 Å². The van der Waals surface area contributed by atoms with E-state index in [0.29, 0.717) is 12.8 Å². The van der Waals surface area contributed by atoms with Crippen LogP contribution < -0.4 is 0 Å². The van der Waals surface area contributed by atoms with Crippen LogP contribution in [0.5, 0.6) is 0 Å². The first-order valence-corrected chi connectivity index (χ1v) is 13.5. The average molecular weight is 463 g/mol. The van der Waals surface area contributed by atoms with Gasteiger partial charge in [-0.15, -0.1) is 0 Å². The predicted octanol–water partition coefficient (Wildman–Crippen LogP) is 8.71. The monoisotopic (exact) mass is 462 g/mol. The van der Waals surface area contributed by atoms with Crippen molar-refractivity contribution in [1.82, 2.24) is 0 Å². The number of rotatable bonds is 23. The molecule has 190 valence electrons. The van der Waals surface area contributed by atoms with Crippen LogP contribution in [0.4, 0.5) is 0 Å². The summed E-state index contributed by atoms with van der Waals surface area (Å²) >= 11 is 0. The Hall–Kier alpha value is -1.84. The van der Waals surface area contributed by atoms with Crippen LogP contribution in [0.25, 0.3) is 0 Å². The molecule has 0 aromatic heterocycles. The summed E-state index contributed by atoms with van der Waals surface area (Å²) in [6, 6.07) is 0. The fourth-order valence-electron chi connectivity index (χ4n) is 3.62. The minimum atomic E-state index is -0.902. The maximum Gasteiger partial charge on any atom is 0.307 e. The summed E-state index contributed by atoms with van der Waals surface area (Å²) in [5, 5.41) is 9.08. The molecular weight excluding hydrogens is 412 g/mol. The number of allylic oxidation sites excluding steroid dienone is 6. The van der Waals surface area contributed by atoms with E-state index in [0.717, 1.165) is 44.9 Å². The van der Waals surface area contributed by atoms with E-state index in [9.17, 15) is 9.59 Å². The second kappa shape index (κ2) is 24.8. The summed E-state index contributed by atoms with van der Waals surface area (Å²) in [5.41, 5.74) is 0. The van der Waals surface area contributed by atoms with E-state index in [1.54, 1.807) is 0 Å². The lowest BCUT2D eigenvalue weighted by molar-refractivity contribution is -0.153. The number of carbonyl (C=O) groups excluding carboxylic acids is 1. The van der Waals surface area contributed by atoms with E-state index in [1.165, 1.54) is 51.4 Å². The Morgan fingerprint density at radius 2 is 1.21 bits per heavy atom. The van der Waals surface area contributed by atoms with Crippen molar-refractivity contribution in [2.75, 3.05) is 0 Å². The average Bonchev–Trinajstić information content (AvgIpc) is 2.78. The molecule has 0 saturated heterocycles. The molecule has 1 atom stereocenters. The maximum absolute atomic E-state index is 12.1. The number of aliphatic carboxylic acids is 1. The van der Waals surface area contributed by atoms with Crippen molar-refractivity contribution in [3.05, 3.63) is 36.5 Å². The van der Waals surface area contributed by atoms with Gasteiger partial charge in [0.15, 0.2) is 0 Å². The number of hydrogen-bond acceptors (Lipinski definition) is 3. The summed E-state index contributed by atoms with van der Waals surface area (Å²) in [6.07, 6.45) is 30.2. The van der Waals surface area contributed by atoms with Crippen molar-refractivity contribution in [3.8, 4) is 0 Å². The zero-order valence-corrected chi connectivity index (χ0v) is 21.4. The second-order valence-corrected chi connectivity index (χ2v) is 8.89. The smallest absolute Gasteiger partial charge is 0.307 e. The Balaban J connectivity index is 3.82. The molecule has 4 heteroatoms. The van der Waals surface area contributed by atoms with Gasteiger partial charge in [0.25, 0.3) is 0 Å². The minimum Gasteiger partial charge on any atom is -0.481 e. The van der Waals surface area contributed by atoms with Gasteiger partial charge in [0, 0.05) is 6.42 Å². The van der Waals surface area contributed by atoms with E-state index < -0.39 is 12.1 Å². The number of carboxylic acids is 1. The lowest BCUT2D eigenvalue weighted by Gasteiger charge is -2.16. The van der Waals surface area contributed by atoms with E-state index >= 15 is 0 Å². The van der Waals surface area contributed by atoms with Gasteiger partial charge in [-0.2, -0.15) is 0 Å². The summed E-state index contributed by atoms with van der Waals surface area (Å²) in [7, 11) is 0. The second-order valence-electron chi connectivity index (χ2n) is 8.89.